The Morgan fingerprint density at radius 1 is 1.08 bits per heavy atom. The van der Waals surface area contributed by atoms with Crippen molar-refractivity contribution in [2.75, 3.05) is 19.6 Å². The van der Waals surface area contributed by atoms with Crippen molar-refractivity contribution >= 4 is 11.8 Å². The summed E-state index contributed by atoms with van der Waals surface area (Å²) in [5.41, 5.74) is 4.49. The number of carbonyl (C=O) groups is 2. The van der Waals surface area contributed by atoms with E-state index in [4.69, 9.17) is 4.74 Å². The van der Waals surface area contributed by atoms with Crippen LogP contribution in [0.1, 0.15) is 51.8 Å². The number of aryl methyl sites for hydroxylation is 1. The van der Waals surface area contributed by atoms with Crippen LogP contribution in [0, 0.1) is 18.7 Å². The first-order valence-corrected chi connectivity index (χ1v) is 12.5. The van der Waals surface area contributed by atoms with E-state index in [1.807, 2.05) is 4.57 Å². The van der Waals surface area contributed by atoms with Crippen LogP contribution in [0.25, 0.3) is 0 Å². The van der Waals surface area contributed by atoms with Crippen LogP contribution in [0.15, 0.2) is 54.9 Å². The third kappa shape index (κ3) is 5.33. The molecular formula is C28H31FN4O3. The van der Waals surface area contributed by atoms with E-state index in [1.54, 1.807) is 23.4 Å². The number of ether oxygens (including phenoxy) is 1. The molecule has 3 aromatic rings. The van der Waals surface area contributed by atoms with Crippen molar-refractivity contribution in [1.29, 1.82) is 0 Å². The fourth-order valence-corrected chi connectivity index (χ4v) is 4.91. The number of carbonyl (C=O) groups excluding carboxylic acids is 2. The van der Waals surface area contributed by atoms with Crippen LogP contribution in [0.5, 0.6) is 0 Å². The summed E-state index contributed by atoms with van der Waals surface area (Å²) in [5.74, 6) is -0.420. The molecule has 0 bridgehead atoms. The van der Waals surface area contributed by atoms with Crippen LogP contribution >= 0.6 is 0 Å². The maximum atomic E-state index is 13.2. The third-order valence-corrected chi connectivity index (χ3v) is 7.16. The second-order valence-electron chi connectivity index (χ2n) is 9.64. The van der Waals surface area contributed by atoms with E-state index in [-0.39, 0.29) is 36.3 Å². The summed E-state index contributed by atoms with van der Waals surface area (Å²) in [7, 11) is 0. The number of rotatable bonds is 6. The number of piperidine rings is 1. The van der Waals surface area contributed by atoms with Crippen LogP contribution in [0.4, 0.5) is 4.39 Å². The number of hydrogen-bond acceptors (Lipinski definition) is 4. The highest BCUT2D eigenvalue weighted by molar-refractivity contribution is 5.93. The van der Waals surface area contributed by atoms with Gasteiger partial charge in [0.15, 0.2) is 5.69 Å². The van der Waals surface area contributed by atoms with Gasteiger partial charge in [0, 0.05) is 25.6 Å². The van der Waals surface area contributed by atoms with Gasteiger partial charge < -0.3 is 19.5 Å². The second-order valence-corrected chi connectivity index (χ2v) is 9.64. The van der Waals surface area contributed by atoms with Gasteiger partial charge in [0.05, 0.1) is 25.2 Å². The number of nitrogens with zero attached hydrogens (tertiary/aromatic N) is 3. The van der Waals surface area contributed by atoms with Crippen molar-refractivity contribution in [3.63, 3.8) is 0 Å². The summed E-state index contributed by atoms with van der Waals surface area (Å²) in [5, 5.41) is 3.05. The normalized spacial score (nSPS) is 18.1. The molecule has 1 fully saturated rings. The number of halogens is 1. The Bertz CT molecular complexity index is 1210. The number of aromatic nitrogens is 2. The first kappa shape index (κ1) is 24.2. The quantitative estimate of drug-likeness (QED) is 0.570. The van der Waals surface area contributed by atoms with Crippen molar-refractivity contribution in [3.05, 3.63) is 88.8 Å². The zero-order valence-corrected chi connectivity index (χ0v) is 20.5. The summed E-state index contributed by atoms with van der Waals surface area (Å²) in [4.78, 5) is 32.0. The van der Waals surface area contributed by atoms with Gasteiger partial charge in [-0.2, -0.15) is 0 Å². The van der Waals surface area contributed by atoms with Gasteiger partial charge in [-0.25, -0.2) is 9.37 Å². The summed E-state index contributed by atoms with van der Waals surface area (Å²) in [6, 6.07) is 14.6. The Kier molecular flexibility index (Phi) is 7.13. The van der Waals surface area contributed by atoms with Crippen molar-refractivity contribution in [3.8, 4) is 0 Å². The molecule has 0 unspecified atom stereocenters. The Morgan fingerprint density at radius 2 is 1.81 bits per heavy atom. The van der Waals surface area contributed by atoms with Crippen LogP contribution in [-0.2, 0) is 29.1 Å². The lowest BCUT2D eigenvalue weighted by molar-refractivity contribution is -0.126. The molecule has 2 amide bonds. The molecule has 0 aliphatic carbocycles. The lowest BCUT2D eigenvalue weighted by Crippen LogP contribution is -2.43. The molecule has 1 N–H and O–H groups in total. The number of benzene rings is 2. The molecule has 7 nitrogen and oxygen atoms in total. The lowest BCUT2D eigenvalue weighted by atomic mass is 9.95. The maximum absolute atomic E-state index is 13.2. The molecule has 0 saturated carbocycles. The molecule has 1 saturated heterocycles. The van der Waals surface area contributed by atoms with Gasteiger partial charge in [-0.3, -0.25) is 9.59 Å². The average molecular weight is 491 g/mol. The molecular weight excluding hydrogens is 459 g/mol. The predicted octanol–water partition coefficient (Wildman–Crippen LogP) is 3.81. The van der Waals surface area contributed by atoms with Gasteiger partial charge in [-0.1, -0.05) is 42.0 Å². The molecule has 2 aliphatic rings. The summed E-state index contributed by atoms with van der Waals surface area (Å²) in [6.45, 7) is 4.51. The molecule has 3 heterocycles. The first-order valence-electron chi connectivity index (χ1n) is 12.5. The summed E-state index contributed by atoms with van der Waals surface area (Å²) >= 11 is 0. The highest BCUT2D eigenvalue weighted by Crippen LogP contribution is 2.29. The van der Waals surface area contributed by atoms with E-state index < -0.39 is 0 Å². The van der Waals surface area contributed by atoms with E-state index >= 15 is 0 Å². The minimum Gasteiger partial charge on any atom is -0.365 e. The third-order valence-electron chi connectivity index (χ3n) is 7.16. The van der Waals surface area contributed by atoms with Crippen LogP contribution < -0.4 is 5.32 Å². The van der Waals surface area contributed by atoms with Crippen LogP contribution in [0.3, 0.4) is 0 Å². The molecule has 1 atom stereocenters. The van der Waals surface area contributed by atoms with Crippen LogP contribution in [0.2, 0.25) is 0 Å². The molecule has 0 spiro atoms. The Balaban J connectivity index is 1.12. The van der Waals surface area contributed by atoms with Crippen molar-refractivity contribution in [2.45, 2.75) is 45.4 Å². The van der Waals surface area contributed by atoms with E-state index in [2.05, 4.69) is 41.5 Å². The molecule has 2 aliphatic heterocycles. The van der Waals surface area contributed by atoms with E-state index in [1.165, 1.54) is 23.3 Å². The molecule has 5 rings (SSSR count). The minimum atomic E-state index is -0.283. The van der Waals surface area contributed by atoms with E-state index in [9.17, 15) is 14.0 Å². The monoisotopic (exact) mass is 490 g/mol. The zero-order chi connectivity index (χ0) is 25.1. The highest BCUT2D eigenvalue weighted by Gasteiger charge is 2.32. The topological polar surface area (TPSA) is 76.5 Å². The molecule has 1 aromatic heterocycles. The average Bonchev–Trinajstić information content (AvgIpc) is 3.33. The zero-order valence-electron chi connectivity index (χ0n) is 20.5. The minimum absolute atomic E-state index is 0.0637. The van der Waals surface area contributed by atoms with Gasteiger partial charge in [0.1, 0.15) is 11.9 Å². The molecule has 2 aromatic carbocycles. The number of amides is 2. The summed E-state index contributed by atoms with van der Waals surface area (Å²) < 4.78 is 21.2. The molecule has 36 heavy (non-hydrogen) atoms. The molecule has 188 valence electrons. The van der Waals surface area contributed by atoms with E-state index in [0.29, 0.717) is 44.7 Å². The Hall–Kier alpha value is -3.52. The van der Waals surface area contributed by atoms with Gasteiger partial charge in [-0.05, 0) is 49.4 Å². The standard InChI is InChI=1S/C28H31FN4O3/c1-19-2-4-20(5-3-19)10-13-30-27(34)22-11-14-32(15-12-22)28(35)26-24-17-36-25(16-33(24)18-31-26)21-6-8-23(29)9-7-21/h2-9,18,22,25H,10-17H2,1H3,(H,30,34)/t25-/m0/s1. The fourth-order valence-electron chi connectivity index (χ4n) is 4.91. The van der Waals surface area contributed by atoms with Crippen molar-refractivity contribution < 1.29 is 18.7 Å². The summed E-state index contributed by atoms with van der Waals surface area (Å²) in [6.07, 6.45) is 3.55. The van der Waals surface area contributed by atoms with Crippen molar-refractivity contribution in [1.82, 2.24) is 19.8 Å². The second kappa shape index (κ2) is 10.6. The van der Waals surface area contributed by atoms with E-state index in [0.717, 1.165) is 17.7 Å². The molecule has 8 heteroatoms. The lowest BCUT2D eigenvalue weighted by Gasteiger charge is -2.31. The number of imidazole rings is 1. The number of nitrogens with one attached hydrogen (secondary N) is 1. The fraction of sp³-hybridized carbons (Fsp3) is 0.393. The smallest absolute Gasteiger partial charge is 0.274 e. The van der Waals surface area contributed by atoms with Gasteiger partial charge >= 0.3 is 0 Å². The Labute approximate surface area is 210 Å². The first-order chi connectivity index (χ1) is 17.5. The largest absolute Gasteiger partial charge is 0.365 e. The number of hydrogen-bond donors (Lipinski definition) is 1. The highest BCUT2D eigenvalue weighted by atomic mass is 19.1. The molecule has 0 radical (unpaired) electrons. The number of fused-ring (bicyclic) bond motifs is 1. The number of likely N-dealkylation sites (tertiary alicyclic amines) is 1. The van der Waals surface area contributed by atoms with Crippen molar-refractivity contribution in [2.24, 2.45) is 5.92 Å². The van der Waals surface area contributed by atoms with Gasteiger partial charge in [-0.15, -0.1) is 0 Å². The predicted molar refractivity (Wildman–Crippen MR) is 133 cm³/mol. The SMILES string of the molecule is Cc1ccc(CCNC(=O)C2CCN(C(=O)c3ncn4c3CO[C@H](c3ccc(F)cc3)C4)CC2)cc1. The Morgan fingerprint density at radius 3 is 2.53 bits per heavy atom. The van der Waals surface area contributed by atoms with Gasteiger partial charge in [0.25, 0.3) is 5.91 Å². The van der Waals surface area contributed by atoms with Crippen LogP contribution in [-0.4, -0.2) is 45.9 Å². The van der Waals surface area contributed by atoms with Gasteiger partial charge in [0.2, 0.25) is 5.91 Å². The maximum Gasteiger partial charge on any atom is 0.274 e.